The van der Waals surface area contributed by atoms with E-state index in [2.05, 4.69) is 122 Å². The van der Waals surface area contributed by atoms with E-state index >= 15 is 0 Å². The fourth-order valence-electron chi connectivity index (χ4n) is 5.13. The van der Waals surface area contributed by atoms with Crippen molar-refractivity contribution in [3.8, 4) is 5.75 Å². The van der Waals surface area contributed by atoms with Gasteiger partial charge in [0.05, 0.1) is 6.10 Å². The molecule has 1 aliphatic rings. The predicted octanol–water partition coefficient (Wildman–Crippen LogP) is 9.16. The molecule has 4 rings (SSSR count). The lowest BCUT2D eigenvalue weighted by atomic mass is 10.0. The van der Waals surface area contributed by atoms with Crippen LogP contribution in [0.4, 0.5) is 0 Å². The molecule has 5 nitrogen and oxygen atoms in total. The van der Waals surface area contributed by atoms with E-state index < -0.39 is 0 Å². The van der Waals surface area contributed by atoms with Crippen LogP contribution in [0.25, 0.3) is 10.9 Å². The average Bonchev–Trinajstić information content (AvgIpc) is 3.25. The highest BCUT2D eigenvalue weighted by Crippen LogP contribution is 2.28. The second-order valence-electron chi connectivity index (χ2n) is 11.0. The molecule has 1 aliphatic carbocycles. The van der Waals surface area contributed by atoms with Gasteiger partial charge in [0.25, 0.3) is 0 Å². The van der Waals surface area contributed by atoms with Gasteiger partial charge in [-0.25, -0.2) is 0 Å². The SMILES string of the molecule is C/C=C\C=C/Cc1cc2ccccc2n1CC1=CC(COc2ccc(CCC)cc2)=CCCC1OCC(C)C.CC.NC=O. The van der Waals surface area contributed by atoms with Crippen LogP contribution in [0.1, 0.15) is 72.1 Å². The van der Waals surface area contributed by atoms with Crippen molar-refractivity contribution in [1.82, 2.24) is 4.57 Å². The number of amides is 1. The van der Waals surface area contributed by atoms with Gasteiger partial charge in [0.2, 0.25) is 6.41 Å². The van der Waals surface area contributed by atoms with Gasteiger partial charge < -0.3 is 19.8 Å². The number of rotatable bonds is 13. The molecule has 1 heterocycles. The molecule has 1 atom stereocenters. The molecule has 0 spiro atoms. The number of hydrogen-bond donors (Lipinski definition) is 1. The Labute approximate surface area is 266 Å². The van der Waals surface area contributed by atoms with Gasteiger partial charge in [0.1, 0.15) is 12.4 Å². The zero-order chi connectivity index (χ0) is 32.2. The minimum atomic E-state index is 0.0991. The van der Waals surface area contributed by atoms with Gasteiger partial charge in [-0.15, -0.1) is 0 Å². The number of aryl methyl sites for hydroxylation is 1. The Bertz CT molecular complexity index is 1360. The van der Waals surface area contributed by atoms with E-state index in [4.69, 9.17) is 14.3 Å². The summed E-state index contributed by atoms with van der Waals surface area (Å²) in [6, 6.07) is 19.6. The molecule has 0 radical (unpaired) electrons. The number of para-hydroxylation sites is 1. The number of ether oxygens (including phenoxy) is 2. The number of carbonyl (C=O) groups excluding carboxylic acids is 1. The van der Waals surface area contributed by atoms with Crippen LogP contribution < -0.4 is 10.5 Å². The minimum absolute atomic E-state index is 0.0991. The number of benzene rings is 2. The number of aromatic nitrogens is 1. The molecule has 0 aliphatic heterocycles. The maximum atomic E-state index is 8.58. The van der Waals surface area contributed by atoms with Crippen molar-refractivity contribution in [2.75, 3.05) is 13.2 Å². The van der Waals surface area contributed by atoms with Gasteiger partial charge in [-0.2, -0.15) is 0 Å². The van der Waals surface area contributed by atoms with Gasteiger partial charge in [0, 0.05) is 30.8 Å². The Hall–Kier alpha value is -3.83. The van der Waals surface area contributed by atoms with Crippen LogP contribution in [0.5, 0.6) is 5.75 Å². The molecule has 0 saturated heterocycles. The van der Waals surface area contributed by atoms with E-state index in [0.717, 1.165) is 51.0 Å². The predicted molar refractivity (Wildman–Crippen MR) is 187 cm³/mol. The van der Waals surface area contributed by atoms with E-state index in [1.165, 1.54) is 33.3 Å². The Kier molecular flexibility index (Phi) is 17.3. The monoisotopic (exact) mass is 598 g/mol. The molecule has 5 heteroatoms. The van der Waals surface area contributed by atoms with E-state index in [1.54, 1.807) is 0 Å². The molecule has 0 fully saturated rings. The molecule has 238 valence electrons. The Morgan fingerprint density at radius 1 is 1.07 bits per heavy atom. The lowest BCUT2D eigenvalue weighted by molar-refractivity contribution is -0.106. The first-order valence-corrected chi connectivity index (χ1v) is 16.2. The summed E-state index contributed by atoms with van der Waals surface area (Å²) in [5, 5.41) is 1.28. The fraction of sp³-hybridized carbons (Fsp3) is 0.410. The first kappa shape index (κ1) is 36.4. The Morgan fingerprint density at radius 2 is 1.80 bits per heavy atom. The van der Waals surface area contributed by atoms with Crippen LogP contribution in [-0.2, 0) is 28.9 Å². The summed E-state index contributed by atoms with van der Waals surface area (Å²) in [6.07, 6.45) is 18.7. The number of nitrogens with two attached hydrogens (primary N) is 1. The van der Waals surface area contributed by atoms with Crippen LogP contribution in [0.2, 0.25) is 0 Å². The minimum Gasteiger partial charge on any atom is -0.489 e. The standard InChI is InChI=1S/C36H45NO2.C2H6.CH3NO/c1-5-7-8-9-16-33-24-31-15-10-11-17-35(31)37(33)25-32-23-30(14-12-18-36(32)39-26-28(3)4)27-38-34-21-19-29(13-6-2)20-22-34;1-2;2-1-3/h5,7-11,14-15,17,19-24,28,36H,6,12-13,16,18,25-27H2,1-4H3;1-2H3;1H,(H2,2,3)/b7-5-,9-8-;;. The third kappa shape index (κ3) is 12.0. The number of carbonyl (C=O) groups is 1. The molecule has 0 bridgehead atoms. The first-order chi connectivity index (χ1) is 21.5. The molecule has 1 unspecified atom stereocenters. The van der Waals surface area contributed by atoms with Crippen LogP contribution in [0.15, 0.2) is 102 Å². The number of primary amides is 1. The molecule has 3 aromatic rings. The van der Waals surface area contributed by atoms with E-state index in [1.807, 2.05) is 20.8 Å². The lowest BCUT2D eigenvalue weighted by Gasteiger charge is -2.23. The van der Waals surface area contributed by atoms with E-state index in [0.29, 0.717) is 12.5 Å². The van der Waals surface area contributed by atoms with Crippen LogP contribution in [-0.4, -0.2) is 30.3 Å². The number of allylic oxidation sites excluding steroid dienone is 5. The maximum Gasteiger partial charge on any atom is 0.204 e. The van der Waals surface area contributed by atoms with Gasteiger partial charge in [-0.05, 0) is 78.5 Å². The zero-order valence-electron chi connectivity index (χ0n) is 27.8. The first-order valence-electron chi connectivity index (χ1n) is 16.2. The molecule has 2 N–H and O–H groups in total. The molecule has 1 amide bonds. The average molecular weight is 599 g/mol. The summed E-state index contributed by atoms with van der Waals surface area (Å²) >= 11 is 0. The summed E-state index contributed by atoms with van der Waals surface area (Å²) in [5.41, 5.74) is 10.7. The van der Waals surface area contributed by atoms with Crippen LogP contribution in [0, 0.1) is 5.92 Å². The summed E-state index contributed by atoms with van der Waals surface area (Å²) < 4.78 is 15.2. The van der Waals surface area contributed by atoms with Crippen LogP contribution in [0.3, 0.4) is 0 Å². The van der Waals surface area contributed by atoms with Crippen molar-refractivity contribution < 1.29 is 14.3 Å². The molecule has 44 heavy (non-hydrogen) atoms. The van der Waals surface area contributed by atoms with Crippen LogP contribution >= 0.6 is 0 Å². The highest BCUT2D eigenvalue weighted by molar-refractivity contribution is 5.81. The van der Waals surface area contributed by atoms with Gasteiger partial charge >= 0.3 is 0 Å². The second kappa shape index (κ2) is 21.0. The summed E-state index contributed by atoms with van der Waals surface area (Å²) in [4.78, 5) is 8.58. The second-order valence-corrected chi connectivity index (χ2v) is 11.0. The topological polar surface area (TPSA) is 66.5 Å². The third-order valence-corrected chi connectivity index (χ3v) is 7.12. The normalized spacial score (nSPS) is 14.8. The smallest absolute Gasteiger partial charge is 0.204 e. The van der Waals surface area contributed by atoms with Crippen molar-refractivity contribution >= 4 is 17.3 Å². The lowest BCUT2D eigenvalue weighted by Crippen LogP contribution is -2.22. The van der Waals surface area contributed by atoms with Gasteiger partial charge in [-0.3, -0.25) is 4.79 Å². The highest BCUT2D eigenvalue weighted by atomic mass is 16.5. The Morgan fingerprint density at radius 3 is 2.48 bits per heavy atom. The Balaban J connectivity index is 0.00000127. The zero-order valence-corrected chi connectivity index (χ0v) is 27.8. The summed E-state index contributed by atoms with van der Waals surface area (Å²) in [7, 11) is 0. The molecule has 0 saturated carbocycles. The van der Waals surface area contributed by atoms with Crippen molar-refractivity contribution in [1.29, 1.82) is 0 Å². The number of fused-ring (bicyclic) bond motifs is 1. The van der Waals surface area contributed by atoms with Crippen molar-refractivity contribution in [3.63, 3.8) is 0 Å². The van der Waals surface area contributed by atoms with Gasteiger partial charge in [-0.1, -0.05) is 108 Å². The molecule has 2 aromatic carbocycles. The van der Waals surface area contributed by atoms with Crippen molar-refractivity contribution in [2.24, 2.45) is 11.7 Å². The quantitative estimate of drug-likeness (QED) is 0.158. The van der Waals surface area contributed by atoms with E-state index in [-0.39, 0.29) is 12.5 Å². The van der Waals surface area contributed by atoms with Gasteiger partial charge in [0.15, 0.2) is 0 Å². The number of nitrogens with zero attached hydrogens (tertiary/aromatic N) is 1. The molecular weight excluding hydrogens is 544 g/mol. The molecule has 1 aromatic heterocycles. The number of hydrogen-bond acceptors (Lipinski definition) is 3. The fourth-order valence-corrected chi connectivity index (χ4v) is 5.13. The van der Waals surface area contributed by atoms with E-state index in [9.17, 15) is 0 Å². The molecular formula is C39H54N2O3. The highest BCUT2D eigenvalue weighted by Gasteiger charge is 2.21. The third-order valence-electron chi connectivity index (χ3n) is 7.12. The van der Waals surface area contributed by atoms with Crippen molar-refractivity contribution in [3.05, 3.63) is 113 Å². The largest absolute Gasteiger partial charge is 0.489 e. The van der Waals surface area contributed by atoms with Crippen molar-refractivity contribution in [2.45, 2.75) is 86.3 Å². The summed E-state index contributed by atoms with van der Waals surface area (Å²) in [5.74, 6) is 1.43. The maximum absolute atomic E-state index is 8.58. The summed E-state index contributed by atoms with van der Waals surface area (Å²) in [6.45, 7) is 14.9.